The maximum atomic E-state index is 14.4. The Bertz CT molecular complexity index is 1220. The smallest absolute Gasteiger partial charge is 0.530 e. The van der Waals surface area contributed by atoms with Gasteiger partial charge in [0.1, 0.15) is 11.6 Å². The molecule has 0 aliphatic carbocycles. The van der Waals surface area contributed by atoms with Crippen molar-refractivity contribution in [2.45, 2.75) is 0 Å². The van der Waals surface area contributed by atoms with Gasteiger partial charge in [-0.3, -0.25) is 0 Å². The van der Waals surface area contributed by atoms with Gasteiger partial charge in [-0.2, -0.15) is 0 Å². The van der Waals surface area contributed by atoms with Crippen LogP contribution < -0.4 is 10.1 Å². The minimum absolute atomic E-state index is 0.190. The van der Waals surface area contributed by atoms with E-state index in [1.807, 2.05) is 0 Å². The van der Waals surface area contributed by atoms with Crippen molar-refractivity contribution < 1.29 is 58.0 Å². The Kier molecular flexibility index (Phi) is 6.09. The Morgan fingerprint density at radius 3 is 1.50 bits per heavy atom. The van der Waals surface area contributed by atoms with Crippen LogP contribution >= 0.6 is 0 Å². The summed E-state index contributed by atoms with van der Waals surface area (Å²) in [6, 6.07) is 1.24. The van der Waals surface area contributed by atoms with E-state index in [2.05, 4.69) is 4.65 Å². The van der Waals surface area contributed by atoms with E-state index in [0.29, 0.717) is 12.1 Å². The third-order valence-corrected chi connectivity index (χ3v) is 4.14. The highest BCUT2D eigenvalue weighted by Gasteiger charge is 2.39. The summed E-state index contributed by atoms with van der Waals surface area (Å²) in [4.78, 5) is 0. The van der Waals surface area contributed by atoms with Gasteiger partial charge < -0.3 is 9.68 Å². The number of halogens is 11. The molecule has 0 spiro atoms. The second-order valence-electron chi connectivity index (χ2n) is 6.03. The summed E-state index contributed by atoms with van der Waals surface area (Å²) >= 11 is 0. The van der Waals surface area contributed by atoms with Crippen LogP contribution in [-0.2, 0) is 0 Å². The number of benzene rings is 3. The standard InChI is InChI=1S/C18H4BF11O2/c20-4-1-2-6(5(21)3-4)32-19(31)9-7(10(22)14(26)17(29)13(9)25)8-11(23)15(27)18(30)16(28)12(8)24/h1-3,31H. The van der Waals surface area contributed by atoms with Gasteiger partial charge in [0.2, 0.25) is 5.82 Å². The molecule has 32 heavy (non-hydrogen) atoms. The molecular formula is C18H4BF11O2. The molecule has 1 N–H and O–H groups in total. The molecule has 0 saturated heterocycles. The van der Waals surface area contributed by atoms with Crippen LogP contribution in [0.4, 0.5) is 48.3 Å². The van der Waals surface area contributed by atoms with Gasteiger partial charge in [0.05, 0.1) is 5.56 Å². The minimum Gasteiger partial charge on any atom is -0.530 e. The molecule has 168 valence electrons. The first-order valence-corrected chi connectivity index (χ1v) is 8.05. The van der Waals surface area contributed by atoms with Crippen molar-refractivity contribution in [1.82, 2.24) is 0 Å². The van der Waals surface area contributed by atoms with Crippen LogP contribution in [0.1, 0.15) is 0 Å². The molecule has 0 aromatic heterocycles. The van der Waals surface area contributed by atoms with Crippen LogP contribution in [0.2, 0.25) is 0 Å². The van der Waals surface area contributed by atoms with E-state index in [9.17, 15) is 53.3 Å². The molecule has 0 heterocycles. The lowest BCUT2D eigenvalue weighted by atomic mass is 9.73. The average molecular weight is 472 g/mol. The highest BCUT2D eigenvalue weighted by Crippen LogP contribution is 2.34. The molecule has 0 aliphatic heterocycles. The lowest BCUT2D eigenvalue weighted by Crippen LogP contribution is -2.42. The average Bonchev–Trinajstić information content (AvgIpc) is 2.74. The normalized spacial score (nSPS) is 11.1. The minimum atomic E-state index is -3.11. The Morgan fingerprint density at radius 2 is 1.00 bits per heavy atom. The van der Waals surface area contributed by atoms with Gasteiger partial charge in [-0.05, 0) is 12.1 Å². The summed E-state index contributed by atoms with van der Waals surface area (Å²) < 4.78 is 156. The summed E-state index contributed by atoms with van der Waals surface area (Å²) in [5, 5.41) is 10.0. The molecular weight excluding hydrogens is 468 g/mol. The summed E-state index contributed by atoms with van der Waals surface area (Å²) in [6.07, 6.45) is 0. The van der Waals surface area contributed by atoms with Gasteiger partial charge in [-0.25, -0.2) is 48.3 Å². The van der Waals surface area contributed by atoms with Crippen molar-refractivity contribution in [2.24, 2.45) is 0 Å². The highest BCUT2D eigenvalue weighted by molar-refractivity contribution is 6.62. The van der Waals surface area contributed by atoms with Crippen molar-refractivity contribution >= 4 is 12.6 Å². The van der Waals surface area contributed by atoms with Crippen molar-refractivity contribution in [3.8, 4) is 16.9 Å². The van der Waals surface area contributed by atoms with Gasteiger partial charge in [0.25, 0.3) is 0 Å². The van der Waals surface area contributed by atoms with Gasteiger partial charge in [-0.15, -0.1) is 0 Å². The first kappa shape index (κ1) is 23.4. The van der Waals surface area contributed by atoms with Crippen LogP contribution in [-0.4, -0.2) is 12.1 Å². The quantitative estimate of drug-likeness (QED) is 0.260. The Balaban J connectivity index is 2.34. The molecule has 0 aliphatic rings. The van der Waals surface area contributed by atoms with Crippen LogP contribution in [0.5, 0.6) is 5.75 Å². The molecule has 14 heteroatoms. The topological polar surface area (TPSA) is 29.5 Å². The first-order chi connectivity index (χ1) is 14.9. The maximum Gasteiger partial charge on any atom is 0.564 e. The van der Waals surface area contributed by atoms with Crippen LogP contribution in [0.15, 0.2) is 18.2 Å². The molecule has 0 atom stereocenters. The predicted molar refractivity (Wildman–Crippen MR) is 86.1 cm³/mol. The zero-order chi connectivity index (χ0) is 24.1. The molecule has 0 saturated carbocycles. The van der Waals surface area contributed by atoms with Crippen LogP contribution in [0, 0.1) is 64.0 Å². The van der Waals surface area contributed by atoms with E-state index in [0.717, 1.165) is 0 Å². The summed E-state index contributed by atoms with van der Waals surface area (Å²) in [5.41, 5.74) is -6.38. The fraction of sp³-hybridized carbons (Fsp3) is 0. The van der Waals surface area contributed by atoms with E-state index in [4.69, 9.17) is 0 Å². The summed E-state index contributed by atoms with van der Waals surface area (Å²) in [5.74, 6) is -28.0. The highest BCUT2D eigenvalue weighted by atomic mass is 19.2. The van der Waals surface area contributed by atoms with Crippen molar-refractivity contribution in [1.29, 1.82) is 0 Å². The number of hydrogen-bond acceptors (Lipinski definition) is 2. The Labute approximate surface area is 170 Å². The van der Waals surface area contributed by atoms with Gasteiger partial charge in [0.15, 0.2) is 52.4 Å². The van der Waals surface area contributed by atoms with E-state index in [1.54, 1.807) is 0 Å². The third kappa shape index (κ3) is 3.63. The van der Waals surface area contributed by atoms with Crippen molar-refractivity contribution in [3.63, 3.8) is 0 Å². The van der Waals surface area contributed by atoms with E-state index in [1.165, 1.54) is 0 Å². The van der Waals surface area contributed by atoms with Crippen molar-refractivity contribution in [3.05, 3.63) is 82.2 Å². The Morgan fingerprint density at radius 1 is 0.562 bits per heavy atom. The summed E-state index contributed by atoms with van der Waals surface area (Å²) in [6.45, 7) is 0. The van der Waals surface area contributed by atoms with Gasteiger partial charge >= 0.3 is 7.12 Å². The van der Waals surface area contributed by atoms with Crippen LogP contribution in [0.3, 0.4) is 0 Å². The maximum absolute atomic E-state index is 14.4. The van der Waals surface area contributed by atoms with E-state index >= 15 is 0 Å². The fourth-order valence-corrected chi connectivity index (χ4v) is 2.70. The SMILES string of the molecule is OB(Oc1ccc(F)cc1F)c1c(F)c(F)c(F)c(F)c1-c1c(F)c(F)c(F)c(F)c1F. The fourth-order valence-electron chi connectivity index (χ4n) is 2.70. The molecule has 2 nitrogen and oxygen atoms in total. The van der Waals surface area contributed by atoms with Crippen molar-refractivity contribution in [2.75, 3.05) is 0 Å². The van der Waals surface area contributed by atoms with Gasteiger partial charge in [-0.1, -0.05) is 0 Å². The first-order valence-electron chi connectivity index (χ1n) is 8.05. The lowest BCUT2D eigenvalue weighted by molar-refractivity contribution is 0.378. The number of hydrogen-bond donors (Lipinski definition) is 1. The van der Waals surface area contributed by atoms with E-state index in [-0.39, 0.29) is 6.07 Å². The van der Waals surface area contributed by atoms with Gasteiger partial charge in [0, 0.05) is 17.1 Å². The van der Waals surface area contributed by atoms with Crippen LogP contribution in [0.25, 0.3) is 11.1 Å². The van der Waals surface area contributed by atoms with E-state index < -0.39 is 93.4 Å². The largest absolute Gasteiger partial charge is 0.564 e. The molecule has 0 amide bonds. The molecule has 3 aromatic carbocycles. The number of rotatable bonds is 4. The predicted octanol–water partition coefficient (Wildman–Crippen LogP) is 4.65. The molecule has 0 radical (unpaired) electrons. The zero-order valence-electron chi connectivity index (χ0n) is 14.8. The second-order valence-corrected chi connectivity index (χ2v) is 6.03. The Hall–Kier alpha value is -3.29. The second kappa shape index (κ2) is 8.33. The molecule has 3 aromatic rings. The monoisotopic (exact) mass is 472 g/mol. The lowest BCUT2D eigenvalue weighted by Gasteiger charge is -2.18. The molecule has 0 unspecified atom stereocenters. The molecule has 0 fully saturated rings. The zero-order valence-corrected chi connectivity index (χ0v) is 14.8. The molecule has 0 bridgehead atoms. The molecule has 3 rings (SSSR count). The summed E-state index contributed by atoms with van der Waals surface area (Å²) in [7, 11) is -3.11. The third-order valence-electron chi connectivity index (χ3n) is 4.14.